The minimum absolute atomic E-state index is 0.00486. The zero-order valence-corrected chi connectivity index (χ0v) is 32.0. The number of carbonyl (C=O) groups excluding carboxylic acids is 3. The first-order chi connectivity index (χ1) is 22.7. The van der Waals surface area contributed by atoms with E-state index in [1.165, 1.54) is 6.92 Å². The second-order valence-corrected chi connectivity index (χ2v) is 19.4. The van der Waals surface area contributed by atoms with Crippen molar-refractivity contribution in [2.75, 3.05) is 20.7 Å². The number of rotatable bonds is 9. The third-order valence-corrected chi connectivity index (χ3v) is 16.3. The Morgan fingerprint density at radius 2 is 1.63 bits per heavy atom. The Morgan fingerprint density at radius 1 is 1.00 bits per heavy atom. The number of nitrogens with zero attached hydrogens (tertiary/aromatic N) is 1. The van der Waals surface area contributed by atoms with Crippen molar-refractivity contribution in [1.82, 2.24) is 10.2 Å². The highest BCUT2D eigenvalue weighted by atomic mass is 32.2. The number of carbonyl (C=O) groups is 3. The summed E-state index contributed by atoms with van der Waals surface area (Å²) in [6.07, 6.45) is 4.80. The van der Waals surface area contributed by atoms with E-state index in [9.17, 15) is 22.8 Å². The molecule has 0 radical (unpaired) electrons. The number of hydrogen-bond donors (Lipinski definition) is 1. The molecule has 1 amide bonds. The van der Waals surface area contributed by atoms with E-state index < -0.39 is 20.9 Å². The van der Waals surface area contributed by atoms with Gasteiger partial charge in [0, 0.05) is 48.1 Å². The molecule has 49 heavy (non-hydrogen) atoms. The lowest BCUT2D eigenvalue weighted by atomic mass is 9.41. The first kappa shape index (κ1) is 36.5. The van der Waals surface area contributed by atoms with Crippen LogP contribution >= 0.6 is 0 Å². The van der Waals surface area contributed by atoms with Gasteiger partial charge in [0.15, 0.2) is 0 Å². The number of ketones is 1. The van der Waals surface area contributed by atoms with Gasteiger partial charge in [-0.05, 0) is 107 Å². The summed E-state index contributed by atoms with van der Waals surface area (Å²) in [4.78, 5) is 42.9. The Balaban J connectivity index is 1.37. The van der Waals surface area contributed by atoms with Gasteiger partial charge < -0.3 is 15.0 Å². The molecular formula is C39H58N2O7S. The molecule has 11 atom stereocenters. The molecular weight excluding hydrogens is 641 g/mol. The van der Waals surface area contributed by atoms with Crippen LogP contribution in [-0.2, 0) is 33.4 Å². The molecule has 10 heteroatoms. The van der Waals surface area contributed by atoms with Gasteiger partial charge in [-0.3, -0.25) is 18.6 Å². The largest absolute Gasteiger partial charge is 0.462 e. The number of Topliss-reactive ketones (excluding diaryl/α,β-unsaturated/α-hetero) is 1. The van der Waals surface area contributed by atoms with Crippen LogP contribution in [0.5, 0.6) is 0 Å². The van der Waals surface area contributed by atoms with Crippen molar-refractivity contribution in [2.24, 2.45) is 50.7 Å². The molecule has 0 saturated heterocycles. The summed E-state index contributed by atoms with van der Waals surface area (Å²) < 4.78 is 39.1. The Hall–Kier alpha value is -2.30. The number of nitrogens with one attached hydrogen (secondary N) is 1. The zero-order valence-electron chi connectivity index (χ0n) is 31.2. The third-order valence-electron chi connectivity index (χ3n) is 15.0. The standard InChI is InChI=1S/C39H58N2O7S/c1-23(2)34(44)40-31-17-18-38-21-39(38)30(16-15-29(38)35(31,6)22-47-49(45,46)27-13-11-24(3)12-14-27)36(7)19-28(48-26(5)42)33(25(4)41(9)10)37(36,8)20-32(39)43/h11-14,23,25,28-31,33H,15-22H2,1-10H3,(H,40,44)/t25-,28+,29-,30-,31-,33-,35-,36-,37+,38?,39-/m0/s1. The molecule has 1 unspecified atom stereocenters. The predicted octanol–water partition coefficient (Wildman–Crippen LogP) is 5.93. The second-order valence-electron chi connectivity index (χ2n) is 17.8. The molecule has 1 aromatic carbocycles. The van der Waals surface area contributed by atoms with E-state index in [1.54, 1.807) is 24.3 Å². The first-order valence-electron chi connectivity index (χ1n) is 18.3. The van der Waals surface area contributed by atoms with Gasteiger partial charge in [-0.15, -0.1) is 0 Å². The maximum absolute atomic E-state index is 15.0. The van der Waals surface area contributed by atoms with Gasteiger partial charge in [-0.2, -0.15) is 8.42 Å². The van der Waals surface area contributed by atoms with Gasteiger partial charge in [-0.1, -0.05) is 52.3 Å². The van der Waals surface area contributed by atoms with Crippen LogP contribution in [0.3, 0.4) is 0 Å². The van der Waals surface area contributed by atoms with Gasteiger partial charge in [0.05, 0.1) is 11.5 Å². The predicted molar refractivity (Wildman–Crippen MR) is 187 cm³/mol. The van der Waals surface area contributed by atoms with E-state index >= 15 is 0 Å². The monoisotopic (exact) mass is 698 g/mol. The van der Waals surface area contributed by atoms with Crippen molar-refractivity contribution in [3.8, 4) is 0 Å². The third kappa shape index (κ3) is 5.19. The maximum Gasteiger partial charge on any atom is 0.302 e. The van der Waals surface area contributed by atoms with E-state index in [2.05, 4.69) is 52.0 Å². The Labute approximate surface area is 293 Å². The van der Waals surface area contributed by atoms with E-state index in [0.29, 0.717) is 18.6 Å². The highest BCUT2D eigenvalue weighted by Gasteiger charge is 2.86. The summed E-state index contributed by atoms with van der Waals surface area (Å²) >= 11 is 0. The normalized spacial score (nSPS) is 41.7. The van der Waals surface area contributed by atoms with E-state index in [-0.39, 0.29) is 81.5 Å². The number of amides is 1. The average molecular weight is 699 g/mol. The Bertz CT molecular complexity index is 1630. The number of fused-ring (bicyclic) bond motifs is 2. The van der Waals surface area contributed by atoms with E-state index in [4.69, 9.17) is 8.92 Å². The second kappa shape index (κ2) is 11.9. The lowest BCUT2D eigenvalue weighted by Crippen LogP contribution is -2.64. The number of aryl methyl sites for hydroxylation is 1. The Kier molecular flexibility index (Phi) is 8.84. The fourth-order valence-electron chi connectivity index (χ4n) is 12.2. The highest BCUT2D eigenvalue weighted by Crippen LogP contribution is 2.88. The summed E-state index contributed by atoms with van der Waals surface area (Å²) in [5, 5.41) is 3.29. The van der Waals surface area contributed by atoms with Crippen molar-refractivity contribution in [2.45, 2.75) is 123 Å². The molecule has 9 nitrogen and oxygen atoms in total. The van der Waals surface area contributed by atoms with Gasteiger partial charge in [-0.25, -0.2) is 0 Å². The summed E-state index contributed by atoms with van der Waals surface area (Å²) in [6, 6.07) is 6.49. The molecule has 5 aliphatic carbocycles. The molecule has 0 aliphatic heterocycles. The summed E-state index contributed by atoms with van der Waals surface area (Å²) in [6.45, 7) is 16.0. The molecule has 5 aliphatic rings. The van der Waals surface area contributed by atoms with Crippen molar-refractivity contribution >= 4 is 27.8 Å². The summed E-state index contributed by atoms with van der Waals surface area (Å²) in [7, 11) is 0.0566. The van der Waals surface area contributed by atoms with Gasteiger partial charge in [0.2, 0.25) is 5.91 Å². The summed E-state index contributed by atoms with van der Waals surface area (Å²) in [5.41, 5.74) is -1.13. The van der Waals surface area contributed by atoms with Gasteiger partial charge in [0.1, 0.15) is 11.9 Å². The molecule has 6 rings (SSSR count). The van der Waals surface area contributed by atoms with E-state index in [0.717, 1.165) is 37.7 Å². The molecule has 1 aromatic rings. The van der Waals surface area contributed by atoms with Crippen LogP contribution in [-0.4, -0.2) is 69.9 Å². The van der Waals surface area contributed by atoms with E-state index in [1.807, 2.05) is 20.8 Å². The molecule has 0 bridgehead atoms. The van der Waals surface area contributed by atoms with Crippen LogP contribution < -0.4 is 5.32 Å². The van der Waals surface area contributed by atoms with Gasteiger partial charge >= 0.3 is 5.97 Å². The average Bonchev–Trinajstić information content (AvgIpc) is 3.65. The van der Waals surface area contributed by atoms with Crippen LogP contribution in [0.2, 0.25) is 0 Å². The van der Waals surface area contributed by atoms with Crippen LogP contribution in [0.15, 0.2) is 29.2 Å². The van der Waals surface area contributed by atoms with Gasteiger partial charge in [0.25, 0.3) is 10.1 Å². The van der Waals surface area contributed by atoms with Crippen LogP contribution in [0.1, 0.15) is 99.0 Å². The molecule has 5 saturated carbocycles. The van der Waals surface area contributed by atoms with Crippen molar-refractivity contribution < 1.29 is 31.7 Å². The minimum Gasteiger partial charge on any atom is -0.462 e. The number of ether oxygens (including phenoxy) is 1. The Morgan fingerprint density at radius 3 is 2.22 bits per heavy atom. The quantitative estimate of drug-likeness (QED) is 0.249. The molecule has 0 heterocycles. The lowest BCUT2D eigenvalue weighted by molar-refractivity contribution is -0.173. The SMILES string of the molecule is CC(=O)O[C@@H]1C[C@@]2(C)[C@@H]3CC[C@@H]4C5(CC[C@H](NC(=O)C(C)C)[C@@]4(C)COS(=O)(=O)c4ccc(C)cc4)C[C@@]35C(=O)C[C@]2(C)[C@H]1[C@H](C)N(C)C. The molecule has 5 fully saturated rings. The fourth-order valence-corrected chi connectivity index (χ4v) is 13.2. The highest BCUT2D eigenvalue weighted by molar-refractivity contribution is 7.86. The smallest absolute Gasteiger partial charge is 0.302 e. The van der Waals surface area contributed by atoms with Crippen molar-refractivity contribution in [3.63, 3.8) is 0 Å². The van der Waals surface area contributed by atoms with Crippen LogP contribution in [0.25, 0.3) is 0 Å². The number of esters is 1. The zero-order chi connectivity index (χ0) is 36.1. The first-order valence-corrected chi connectivity index (χ1v) is 19.7. The fraction of sp³-hybridized carbons (Fsp3) is 0.769. The van der Waals surface area contributed by atoms with Crippen molar-refractivity contribution in [1.29, 1.82) is 0 Å². The lowest BCUT2D eigenvalue weighted by Gasteiger charge is -2.63. The molecule has 1 N–H and O–H groups in total. The topological polar surface area (TPSA) is 119 Å². The summed E-state index contributed by atoms with van der Waals surface area (Å²) in [5.74, 6) is -0.105. The number of hydrogen-bond acceptors (Lipinski definition) is 8. The maximum atomic E-state index is 15.0. The number of benzene rings is 1. The molecule has 272 valence electrons. The van der Waals surface area contributed by atoms with Crippen molar-refractivity contribution in [3.05, 3.63) is 29.8 Å². The molecule has 2 spiro atoms. The van der Waals surface area contributed by atoms with Crippen LogP contribution in [0, 0.1) is 57.7 Å². The van der Waals surface area contributed by atoms with Crippen LogP contribution in [0.4, 0.5) is 0 Å². The molecule has 0 aromatic heterocycles. The minimum atomic E-state index is -4.05.